The lowest BCUT2D eigenvalue weighted by atomic mass is 10.2. The second kappa shape index (κ2) is 6.02. The predicted molar refractivity (Wildman–Crippen MR) is 65.0 cm³/mol. The average Bonchev–Trinajstić information content (AvgIpc) is 2.97. The van der Waals surface area contributed by atoms with Gasteiger partial charge in [0.1, 0.15) is 17.9 Å². The monoisotopic (exact) mass is 268 g/mol. The summed E-state index contributed by atoms with van der Waals surface area (Å²) in [5, 5.41) is 26.1. The van der Waals surface area contributed by atoms with E-state index in [1.807, 2.05) is 6.92 Å². The van der Waals surface area contributed by atoms with Crippen molar-refractivity contribution < 1.29 is 20.1 Å². The van der Waals surface area contributed by atoms with Crippen molar-refractivity contribution in [2.24, 2.45) is 0 Å². The fraction of sp³-hybridized carbons (Fsp3) is 0.545. The first kappa shape index (κ1) is 13.8. The number of aliphatic hydroxyl groups excluding tert-OH is 3. The number of fused-ring (bicyclic) bond motifs is 1. The van der Waals surface area contributed by atoms with Crippen LogP contribution in [0.2, 0.25) is 0 Å². The fourth-order valence-electron chi connectivity index (χ4n) is 1.76. The summed E-state index contributed by atoms with van der Waals surface area (Å²) in [6.45, 7) is 1.68. The third-order valence-corrected chi connectivity index (χ3v) is 2.80. The van der Waals surface area contributed by atoms with Crippen molar-refractivity contribution in [3.8, 4) is 0 Å². The zero-order valence-electron chi connectivity index (χ0n) is 10.4. The van der Waals surface area contributed by atoms with Crippen molar-refractivity contribution in [2.75, 3.05) is 6.61 Å². The zero-order chi connectivity index (χ0) is 13.8. The van der Waals surface area contributed by atoms with E-state index >= 15 is 0 Å². The van der Waals surface area contributed by atoms with Gasteiger partial charge in [-0.1, -0.05) is 0 Å². The molecule has 8 heteroatoms. The Morgan fingerprint density at radius 2 is 2.16 bits per heavy atom. The van der Waals surface area contributed by atoms with E-state index in [2.05, 4.69) is 24.7 Å². The molecule has 104 valence electrons. The average molecular weight is 268 g/mol. The van der Waals surface area contributed by atoms with Gasteiger partial charge in [-0.25, -0.2) is 15.0 Å². The van der Waals surface area contributed by atoms with Crippen LogP contribution in [-0.2, 0) is 4.74 Å². The SMILES string of the molecule is Cc1ncnc2nc[nH]c12.OC[C@H]1OC(O)C[C@@H]1O. The highest BCUT2D eigenvalue weighted by molar-refractivity contribution is 5.71. The van der Waals surface area contributed by atoms with Gasteiger partial charge in [0.15, 0.2) is 11.9 Å². The Balaban J connectivity index is 0.000000141. The Morgan fingerprint density at radius 1 is 1.37 bits per heavy atom. The number of aromatic amines is 1. The number of aliphatic hydroxyl groups is 3. The van der Waals surface area contributed by atoms with Crippen molar-refractivity contribution in [3.63, 3.8) is 0 Å². The van der Waals surface area contributed by atoms with E-state index in [0.29, 0.717) is 0 Å². The first-order valence-corrected chi connectivity index (χ1v) is 5.85. The molecule has 3 rings (SSSR count). The standard InChI is InChI=1S/C6H6N4.C5H10O4/c1-4-5-6(9-2-7-4)10-3-8-5;6-2-4-3(7)1-5(8)9-4/h2-3H,1H3,(H,7,8,9,10);3-8H,1-2H2/t;3-,4+,5?/m.0/s1. The molecule has 1 aliphatic heterocycles. The molecule has 1 fully saturated rings. The zero-order valence-corrected chi connectivity index (χ0v) is 10.4. The molecule has 0 aliphatic carbocycles. The summed E-state index contributed by atoms with van der Waals surface area (Å²) in [5.74, 6) is 0. The normalized spacial score (nSPS) is 26.2. The van der Waals surface area contributed by atoms with Crippen molar-refractivity contribution in [3.05, 3.63) is 18.3 Å². The minimum atomic E-state index is -0.905. The van der Waals surface area contributed by atoms with Crippen LogP contribution in [0.1, 0.15) is 12.1 Å². The van der Waals surface area contributed by atoms with Crippen LogP contribution < -0.4 is 0 Å². The van der Waals surface area contributed by atoms with Gasteiger partial charge in [-0.3, -0.25) is 0 Å². The minimum Gasteiger partial charge on any atom is -0.394 e. The van der Waals surface area contributed by atoms with E-state index in [4.69, 9.17) is 15.3 Å². The van der Waals surface area contributed by atoms with Gasteiger partial charge in [-0.15, -0.1) is 0 Å². The van der Waals surface area contributed by atoms with E-state index in [1.165, 1.54) is 6.33 Å². The van der Waals surface area contributed by atoms with E-state index < -0.39 is 18.5 Å². The molecular weight excluding hydrogens is 252 g/mol. The van der Waals surface area contributed by atoms with Crippen molar-refractivity contribution in [2.45, 2.75) is 31.8 Å². The highest BCUT2D eigenvalue weighted by atomic mass is 16.6. The number of nitrogens with zero attached hydrogens (tertiary/aromatic N) is 3. The Kier molecular flexibility index (Phi) is 4.38. The molecule has 2 aromatic rings. The van der Waals surface area contributed by atoms with Gasteiger partial charge in [-0.2, -0.15) is 0 Å². The van der Waals surface area contributed by atoms with Gasteiger partial charge < -0.3 is 25.0 Å². The topological polar surface area (TPSA) is 124 Å². The quantitative estimate of drug-likeness (QED) is 0.528. The highest BCUT2D eigenvalue weighted by Gasteiger charge is 2.31. The lowest BCUT2D eigenvalue weighted by molar-refractivity contribution is -0.107. The third-order valence-electron chi connectivity index (χ3n) is 2.80. The summed E-state index contributed by atoms with van der Waals surface area (Å²) >= 11 is 0. The Bertz CT molecular complexity index is 532. The van der Waals surface area contributed by atoms with Gasteiger partial charge in [0, 0.05) is 6.42 Å². The number of nitrogens with one attached hydrogen (secondary N) is 1. The summed E-state index contributed by atoms with van der Waals surface area (Å²) in [7, 11) is 0. The lowest BCUT2D eigenvalue weighted by Gasteiger charge is -2.08. The second-order valence-corrected chi connectivity index (χ2v) is 4.18. The number of imidazole rings is 1. The molecule has 1 saturated heterocycles. The van der Waals surface area contributed by atoms with E-state index in [-0.39, 0.29) is 13.0 Å². The molecule has 3 heterocycles. The summed E-state index contributed by atoms with van der Waals surface area (Å²) < 4.78 is 4.68. The summed E-state index contributed by atoms with van der Waals surface area (Å²) in [6.07, 6.45) is 1.11. The molecule has 2 aromatic heterocycles. The fourth-order valence-corrected chi connectivity index (χ4v) is 1.76. The smallest absolute Gasteiger partial charge is 0.180 e. The maximum atomic E-state index is 8.91. The summed E-state index contributed by atoms with van der Waals surface area (Å²) in [4.78, 5) is 14.9. The van der Waals surface area contributed by atoms with Gasteiger partial charge in [-0.05, 0) is 6.92 Å². The van der Waals surface area contributed by atoms with Crippen LogP contribution in [0.3, 0.4) is 0 Å². The molecule has 8 nitrogen and oxygen atoms in total. The maximum Gasteiger partial charge on any atom is 0.180 e. The molecule has 0 saturated carbocycles. The number of aromatic nitrogens is 4. The van der Waals surface area contributed by atoms with Crippen LogP contribution >= 0.6 is 0 Å². The van der Waals surface area contributed by atoms with Crippen LogP contribution in [0, 0.1) is 6.92 Å². The highest BCUT2D eigenvalue weighted by Crippen LogP contribution is 2.17. The van der Waals surface area contributed by atoms with Crippen LogP contribution in [0.25, 0.3) is 11.2 Å². The molecule has 0 radical (unpaired) electrons. The number of ether oxygens (including phenoxy) is 1. The maximum absolute atomic E-state index is 8.91. The van der Waals surface area contributed by atoms with Crippen molar-refractivity contribution >= 4 is 11.2 Å². The molecule has 0 amide bonds. The van der Waals surface area contributed by atoms with Crippen LogP contribution in [-0.4, -0.2) is 60.4 Å². The number of aryl methyl sites for hydroxylation is 1. The Labute approximate surface area is 109 Å². The lowest BCUT2D eigenvalue weighted by Crippen LogP contribution is -2.24. The van der Waals surface area contributed by atoms with Crippen LogP contribution in [0.4, 0.5) is 0 Å². The van der Waals surface area contributed by atoms with Crippen LogP contribution in [0.15, 0.2) is 12.7 Å². The third kappa shape index (κ3) is 3.24. The molecule has 4 N–H and O–H groups in total. The summed E-state index contributed by atoms with van der Waals surface area (Å²) in [6, 6.07) is 0. The van der Waals surface area contributed by atoms with E-state index in [0.717, 1.165) is 16.9 Å². The first-order chi connectivity index (χ1) is 9.11. The number of rotatable bonds is 1. The molecule has 0 aromatic carbocycles. The molecule has 1 aliphatic rings. The molecule has 19 heavy (non-hydrogen) atoms. The van der Waals surface area contributed by atoms with Gasteiger partial charge in [0.25, 0.3) is 0 Å². The minimum absolute atomic E-state index is 0.200. The predicted octanol–water partition coefficient (Wildman–Crippen LogP) is -0.892. The van der Waals surface area contributed by atoms with E-state index in [1.54, 1.807) is 6.33 Å². The molecular formula is C11H16N4O4. The van der Waals surface area contributed by atoms with Crippen LogP contribution in [0.5, 0.6) is 0 Å². The number of hydrogen-bond donors (Lipinski definition) is 4. The van der Waals surface area contributed by atoms with Gasteiger partial charge >= 0.3 is 0 Å². The van der Waals surface area contributed by atoms with E-state index in [9.17, 15) is 0 Å². The van der Waals surface area contributed by atoms with Gasteiger partial charge in [0.2, 0.25) is 0 Å². The van der Waals surface area contributed by atoms with Crippen molar-refractivity contribution in [1.82, 2.24) is 19.9 Å². The Hall–Kier alpha value is -1.61. The largest absolute Gasteiger partial charge is 0.394 e. The molecule has 3 atom stereocenters. The van der Waals surface area contributed by atoms with Gasteiger partial charge in [0.05, 0.1) is 24.7 Å². The van der Waals surface area contributed by atoms with Crippen molar-refractivity contribution in [1.29, 1.82) is 0 Å². The summed E-state index contributed by atoms with van der Waals surface area (Å²) in [5.41, 5.74) is 2.58. The second-order valence-electron chi connectivity index (χ2n) is 4.18. The number of H-pyrrole nitrogens is 1. The molecule has 1 unspecified atom stereocenters. The molecule has 0 spiro atoms. The Morgan fingerprint density at radius 3 is 2.68 bits per heavy atom. The molecule has 0 bridgehead atoms. The number of hydrogen-bond acceptors (Lipinski definition) is 7. The first-order valence-electron chi connectivity index (χ1n) is 5.85.